The lowest BCUT2D eigenvalue weighted by atomic mass is 10.1. The monoisotopic (exact) mass is 269 g/mol. The molecule has 0 amide bonds. The number of hydrogen-bond acceptors (Lipinski definition) is 4. The molecule has 102 valence electrons. The third kappa shape index (κ3) is 4.66. The van der Waals surface area contributed by atoms with Gasteiger partial charge in [0.2, 0.25) is 0 Å². The van der Waals surface area contributed by atoms with Crippen molar-refractivity contribution in [3.63, 3.8) is 0 Å². The molecule has 0 bridgehead atoms. The number of anilines is 2. The maximum absolute atomic E-state index is 11.4. The molecular formula is C13H23N3OS. The zero-order valence-corrected chi connectivity index (χ0v) is 12.4. The summed E-state index contributed by atoms with van der Waals surface area (Å²) in [4.78, 5) is 2.08. The molecular weight excluding hydrogens is 246 g/mol. The summed E-state index contributed by atoms with van der Waals surface area (Å²) in [6.45, 7) is 4.69. The number of nitrogen functional groups attached to an aromatic ring is 1. The minimum atomic E-state index is -0.888. The van der Waals surface area contributed by atoms with Gasteiger partial charge in [-0.25, -0.2) is 0 Å². The largest absolute Gasteiger partial charge is 0.399 e. The van der Waals surface area contributed by atoms with E-state index in [1.165, 1.54) is 0 Å². The normalized spacial score (nSPS) is 13.4. The number of nitrogens with two attached hydrogens (primary N) is 2. The van der Waals surface area contributed by atoms with Gasteiger partial charge in [-0.2, -0.15) is 0 Å². The van der Waals surface area contributed by atoms with Crippen molar-refractivity contribution in [2.75, 3.05) is 30.5 Å². The molecule has 5 heteroatoms. The zero-order valence-electron chi connectivity index (χ0n) is 11.6. The predicted molar refractivity (Wildman–Crippen MR) is 80.2 cm³/mol. The van der Waals surface area contributed by atoms with E-state index >= 15 is 0 Å². The van der Waals surface area contributed by atoms with Crippen LogP contribution in [0, 0.1) is 0 Å². The average Bonchev–Trinajstić information content (AvgIpc) is 2.13. The van der Waals surface area contributed by atoms with Gasteiger partial charge >= 0.3 is 0 Å². The highest BCUT2D eigenvalue weighted by atomic mass is 32.2. The Bertz CT molecular complexity index is 440. The molecule has 0 radical (unpaired) electrons. The van der Waals surface area contributed by atoms with Crippen molar-refractivity contribution in [2.45, 2.75) is 25.1 Å². The van der Waals surface area contributed by atoms with E-state index in [9.17, 15) is 4.21 Å². The Kier molecular flexibility index (Phi) is 4.76. The van der Waals surface area contributed by atoms with Crippen LogP contribution in [0.4, 0.5) is 11.4 Å². The molecule has 0 heterocycles. The summed E-state index contributed by atoms with van der Waals surface area (Å²) >= 11 is 0. The molecule has 0 aliphatic rings. The molecule has 1 unspecified atom stereocenters. The van der Waals surface area contributed by atoms with Gasteiger partial charge in [-0.05, 0) is 37.6 Å². The van der Waals surface area contributed by atoms with Gasteiger partial charge in [0.15, 0.2) is 0 Å². The molecule has 0 aliphatic carbocycles. The topological polar surface area (TPSA) is 72.3 Å². The Morgan fingerprint density at radius 1 is 1.39 bits per heavy atom. The molecule has 1 rings (SSSR count). The van der Waals surface area contributed by atoms with E-state index in [1.54, 1.807) is 6.26 Å². The predicted octanol–water partition coefficient (Wildman–Crippen LogP) is 1.32. The van der Waals surface area contributed by atoms with Gasteiger partial charge in [-0.3, -0.25) is 4.21 Å². The first-order valence-electron chi connectivity index (χ1n) is 5.87. The number of benzene rings is 1. The van der Waals surface area contributed by atoms with Gasteiger partial charge in [0.1, 0.15) is 0 Å². The zero-order chi connectivity index (χ0) is 13.9. The average molecular weight is 269 g/mol. The summed E-state index contributed by atoms with van der Waals surface area (Å²) < 4.78 is 11.4. The first kappa shape index (κ1) is 15.0. The molecule has 1 aromatic carbocycles. The molecule has 1 atom stereocenters. The minimum Gasteiger partial charge on any atom is -0.399 e. The van der Waals surface area contributed by atoms with Crippen molar-refractivity contribution < 1.29 is 4.21 Å². The summed E-state index contributed by atoms with van der Waals surface area (Å²) in [5, 5.41) is 0. The van der Waals surface area contributed by atoms with Crippen molar-refractivity contribution >= 4 is 22.2 Å². The summed E-state index contributed by atoms with van der Waals surface area (Å²) in [7, 11) is 1.10. The molecule has 0 saturated heterocycles. The summed E-state index contributed by atoms with van der Waals surface area (Å²) in [5.41, 5.74) is 14.3. The third-order valence-electron chi connectivity index (χ3n) is 2.52. The quantitative estimate of drug-likeness (QED) is 0.791. The van der Waals surface area contributed by atoms with Crippen LogP contribution >= 0.6 is 0 Å². The van der Waals surface area contributed by atoms with E-state index in [4.69, 9.17) is 11.5 Å². The van der Waals surface area contributed by atoms with Gasteiger partial charge in [0.05, 0.1) is 5.75 Å². The standard InChI is InChI=1S/C13H23N3OS/c1-13(2,15)9-16(3)12-6-5-11(14)7-10(12)8-18(4)17/h5-7H,8-9,14-15H2,1-4H3. The van der Waals surface area contributed by atoms with E-state index < -0.39 is 10.8 Å². The lowest BCUT2D eigenvalue weighted by Gasteiger charge is -2.29. The van der Waals surface area contributed by atoms with Crippen molar-refractivity contribution in [3.8, 4) is 0 Å². The van der Waals surface area contributed by atoms with Gasteiger partial charge in [0.25, 0.3) is 0 Å². The number of rotatable bonds is 5. The van der Waals surface area contributed by atoms with Crippen LogP contribution in [-0.2, 0) is 16.6 Å². The molecule has 18 heavy (non-hydrogen) atoms. The fourth-order valence-electron chi connectivity index (χ4n) is 2.01. The molecule has 0 saturated carbocycles. The minimum absolute atomic E-state index is 0.279. The number of likely N-dealkylation sites (N-methyl/N-ethyl adjacent to an activating group) is 1. The second-order valence-corrected chi connectivity index (χ2v) is 6.89. The highest BCUT2D eigenvalue weighted by Crippen LogP contribution is 2.24. The molecule has 4 nitrogen and oxygen atoms in total. The molecule has 0 aliphatic heterocycles. The van der Waals surface area contributed by atoms with Crippen molar-refractivity contribution in [1.82, 2.24) is 0 Å². The molecule has 1 aromatic rings. The van der Waals surface area contributed by atoms with Crippen molar-refractivity contribution in [2.24, 2.45) is 5.73 Å². The van der Waals surface area contributed by atoms with Crippen LogP contribution in [0.25, 0.3) is 0 Å². The highest BCUT2D eigenvalue weighted by molar-refractivity contribution is 7.83. The van der Waals surface area contributed by atoms with E-state index in [0.717, 1.165) is 17.8 Å². The van der Waals surface area contributed by atoms with E-state index in [2.05, 4.69) is 4.90 Å². The summed E-state index contributed by atoms with van der Waals surface area (Å²) in [6, 6.07) is 5.71. The molecule has 0 aromatic heterocycles. The fraction of sp³-hybridized carbons (Fsp3) is 0.538. The number of hydrogen-bond donors (Lipinski definition) is 2. The van der Waals surface area contributed by atoms with Gasteiger partial charge in [-0.1, -0.05) is 0 Å². The second kappa shape index (κ2) is 5.71. The Balaban J connectivity index is 3.03. The lowest BCUT2D eigenvalue weighted by Crippen LogP contribution is -2.44. The van der Waals surface area contributed by atoms with E-state index in [1.807, 2.05) is 39.1 Å². The molecule has 0 fully saturated rings. The van der Waals surface area contributed by atoms with Crippen LogP contribution in [0.3, 0.4) is 0 Å². The first-order valence-corrected chi connectivity index (χ1v) is 7.60. The second-order valence-electron chi connectivity index (χ2n) is 5.45. The number of nitrogens with zero attached hydrogens (tertiary/aromatic N) is 1. The molecule has 4 N–H and O–H groups in total. The van der Waals surface area contributed by atoms with Crippen LogP contribution in [-0.4, -0.2) is 29.6 Å². The SMILES string of the molecule is CN(CC(C)(C)N)c1ccc(N)cc1CS(C)=O. The Morgan fingerprint density at radius 3 is 2.50 bits per heavy atom. The van der Waals surface area contributed by atoms with Gasteiger partial charge < -0.3 is 16.4 Å². The maximum atomic E-state index is 11.4. The Morgan fingerprint density at radius 2 is 2.00 bits per heavy atom. The summed E-state index contributed by atoms with van der Waals surface area (Å²) in [5.74, 6) is 0.510. The van der Waals surface area contributed by atoms with Crippen LogP contribution in [0.5, 0.6) is 0 Å². The van der Waals surface area contributed by atoms with E-state index in [-0.39, 0.29) is 5.54 Å². The highest BCUT2D eigenvalue weighted by Gasteiger charge is 2.16. The van der Waals surface area contributed by atoms with Gasteiger partial charge in [0, 0.05) is 47.6 Å². The Hall–Kier alpha value is -1.07. The lowest BCUT2D eigenvalue weighted by molar-refractivity contribution is 0.519. The van der Waals surface area contributed by atoms with Crippen molar-refractivity contribution in [3.05, 3.63) is 23.8 Å². The van der Waals surface area contributed by atoms with Crippen LogP contribution in [0.15, 0.2) is 18.2 Å². The Labute approximate surface area is 112 Å². The first-order chi connectivity index (χ1) is 8.19. The maximum Gasteiger partial charge on any atom is 0.0504 e. The van der Waals surface area contributed by atoms with Gasteiger partial charge in [-0.15, -0.1) is 0 Å². The fourth-order valence-corrected chi connectivity index (χ4v) is 2.68. The smallest absolute Gasteiger partial charge is 0.0504 e. The molecule has 0 spiro atoms. The summed E-state index contributed by atoms with van der Waals surface area (Å²) in [6.07, 6.45) is 1.69. The van der Waals surface area contributed by atoms with Crippen LogP contribution < -0.4 is 16.4 Å². The van der Waals surface area contributed by atoms with Crippen LogP contribution in [0.1, 0.15) is 19.4 Å². The third-order valence-corrected chi connectivity index (χ3v) is 3.24. The van der Waals surface area contributed by atoms with E-state index in [0.29, 0.717) is 11.4 Å². The van der Waals surface area contributed by atoms with Crippen LogP contribution in [0.2, 0.25) is 0 Å². The van der Waals surface area contributed by atoms with Crippen molar-refractivity contribution in [1.29, 1.82) is 0 Å².